The lowest BCUT2D eigenvalue weighted by atomic mass is 10.1. The monoisotopic (exact) mass is 347 g/mol. The Morgan fingerprint density at radius 3 is 2.32 bits per heavy atom. The first-order valence-corrected chi connectivity index (χ1v) is 7.39. The van der Waals surface area contributed by atoms with Crippen LogP contribution in [-0.2, 0) is 14.3 Å². The Balaban J connectivity index is 1.99. The number of carbonyl (C=O) groups is 2. The van der Waals surface area contributed by atoms with Crippen molar-refractivity contribution >= 4 is 17.6 Å². The zero-order valence-corrected chi connectivity index (χ0v) is 14.0. The first kappa shape index (κ1) is 18.2. The van der Waals surface area contributed by atoms with Gasteiger partial charge in [-0.05, 0) is 45.0 Å². The summed E-state index contributed by atoms with van der Waals surface area (Å²) >= 11 is 0. The zero-order chi connectivity index (χ0) is 18.6. The molecule has 1 aromatic heterocycles. The normalized spacial score (nSPS) is 11.0. The van der Waals surface area contributed by atoms with E-state index in [4.69, 9.17) is 13.9 Å². The van der Waals surface area contributed by atoms with Crippen molar-refractivity contribution in [2.45, 2.75) is 26.4 Å². The molecular formula is C17H17NO7. The molecule has 0 aliphatic rings. The van der Waals surface area contributed by atoms with Crippen LogP contribution in [0.5, 0.6) is 0 Å². The molecule has 0 aliphatic heterocycles. The van der Waals surface area contributed by atoms with Gasteiger partial charge in [-0.3, -0.25) is 10.1 Å². The third-order valence-electron chi connectivity index (χ3n) is 2.91. The van der Waals surface area contributed by atoms with Crippen LogP contribution in [0.2, 0.25) is 0 Å². The molecule has 8 nitrogen and oxygen atoms in total. The van der Waals surface area contributed by atoms with E-state index in [0.717, 1.165) is 0 Å². The van der Waals surface area contributed by atoms with Crippen molar-refractivity contribution in [1.29, 1.82) is 0 Å². The number of carbonyl (C=O) groups excluding carboxylic acids is 2. The van der Waals surface area contributed by atoms with E-state index in [2.05, 4.69) is 0 Å². The Morgan fingerprint density at radius 1 is 1.12 bits per heavy atom. The molecule has 0 saturated carbocycles. The van der Waals surface area contributed by atoms with Crippen molar-refractivity contribution < 1.29 is 28.4 Å². The summed E-state index contributed by atoms with van der Waals surface area (Å²) in [5, 5.41) is 10.6. The second kappa shape index (κ2) is 7.16. The molecule has 0 radical (unpaired) electrons. The third-order valence-corrected chi connectivity index (χ3v) is 2.91. The number of ether oxygens (including phenoxy) is 2. The number of nitro groups is 1. The van der Waals surface area contributed by atoms with E-state index in [1.54, 1.807) is 20.8 Å². The van der Waals surface area contributed by atoms with E-state index in [0.29, 0.717) is 11.3 Å². The van der Waals surface area contributed by atoms with Gasteiger partial charge in [-0.2, -0.15) is 0 Å². The predicted octanol–water partition coefficient (Wildman–Crippen LogP) is 3.35. The minimum atomic E-state index is -0.806. The summed E-state index contributed by atoms with van der Waals surface area (Å²) in [6, 6.07) is 8.61. The maximum Gasteiger partial charge on any atom is 0.374 e. The summed E-state index contributed by atoms with van der Waals surface area (Å²) in [6.07, 6.45) is 0. The molecular weight excluding hydrogens is 330 g/mol. The van der Waals surface area contributed by atoms with Gasteiger partial charge in [-0.15, -0.1) is 0 Å². The minimum Gasteiger partial charge on any atom is -0.457 e. The number of hydrogen-bond donors (Lipinski definition) is 0. The number of nitrogens with zero attached hydrogens (tertiary/aromatic N) is 1. The Labute approximate surface area is 143 Å². The standard InChI is InChI=1S/C17H17NO7/c1-17(2,3)25-15(19)10-23-16(20)14-9-8-13(24-14)11-4-6-12(7-5-11)18(21)22/h4-9H,10H2,1-3H3. The van der Waals surface area contributed by atoms with Gasteiger partial charge in [0.15, 0.2) is 6.61 Å². The van der Waals surface area contributed by atoms with Gasteiger partial charge in [0.2, 0.25) is 5.76 Å². The zero-order valence-electron chi connectivity index (χ0n) is 14.0. The molecule has 0 N–H and O–H groups in total. The third kappa shape index (κ3) is 5.17. The number of hydrogen-bond acceptors (Lipinski definition) is 7. The maximum atomic E-state index is 11.9. The van der Waals surface area contributed by atoms with Gasteiger partial charge in [0.25, 0.3) is 5.69 Å². The fourth-order valence-electron chi connectivity index (χ4n) is 1.92. The molecule has 0 saturated heterocycles. The molecule has 0 spiro atoms. The number of nitro benzene ring substituents is 1. The Bertz CT molecular complexity index is 784. The van der Waals surface area contributed by atoms with Gasteiger partial charge in [0, 0.05) is 17.7 Å². The minimum absolute atomic E-state index is 0.0488. The highest BCUT2D eigenvalue weighted by Crippen LogP contribution is 2.24. The lowest BCUT2D eigenvalue weighted by Gasteiger charge is -2.19. The summed E-state index contributed by atoms with van der Waals surface area (Å²) in [5.74, 6) is -1.21. The largest absolute Gasteiger partial charge is 0.457 e. The molecule has 0 atom stereocenters. The maximum absolute atomic E-state index is 11.9. The van der Waals surface area contributed by atoms with Gasteiger partial charge in [-0.1, -0.05) is 0 Å². The first-order chi connectivity index (χ1) is 11.7. The summed E-state index contributed by atoms with van der Waals surface area (Å²) in [6.45, 7) is 4.59. The van der Waals surface area contributed by atoms with Crippen molar-refractivity contribution in [2.75, 3.05) is 6.61 Å². The highest BCUT2D eigenvalue weighted by molar-refractivity contribution is 5.88. The summed E-state index contributed by atoms with van der Waals surface area (Å²) in [4.78, 5) is 33.5. The van der Waals surface area contributed by atoms with Gasteiger partial charge in [-0.25, -0.2) is 9.59 Å². The van der Waals surface area contributed by atoms with E-state index < -0.39 is 29.1 Å². The molecule has 0 amide bonds. The van der Waals surface area contributed by atoms with Crippen LogP contribution in [0.3, 0.4) is 0 Å². The molecule has 8 heteroatoms. The predicted molar refractivity (Wildman–Crippen MR) is 86.9 cm³/mol. The van der Waals surface area contributed by atoms with E-state index >= 15 is 0 Å². The second-order valence-electron chi connectivity index (χ2n) is 6.13. The quantitative estimate of drug-likeness (QED) is 0.463. The molecule has 132 valence electrons. The number of rotatable bonds is 5. The number of furan rings is 1. The SMILES string of the molecule is CC(C)(C)OC(=O)COC(=O)c1ccc(-c2ccc([N+](=O)[O-])cc2)o1. The van der Waals surface area contributed by atoms with Crippen molar-refractivity contribution in [3.8, 4) is 11.3 Å². The smallest absolute Gasteiger partial charge is 0.374 e. The van der Waals surface area contributed by atoms with Crippen LogP contribution in [0.1, 0.15) is 31.3 Å². The lowest BCUT2D eigenvalue weighted by Crippen LogP contribution is -2.27. The van der Waals surface area contributed by atoms with Gasteiger partial charge >= 0.3 is 11.9 Å². The Kier molecular flexibility index (Phi) is 5.21. The molecule has 0 aliphatic carbocycles. The fourth-order valence-corrected chi connectivity index (χ4v) is 1.92. The molecule has 0 unspecified atom stereocenters. The van der Waals surface area contributed by atoms with Crippen LogP contribution in [0.15, 0.2) is 40.8 Å². The fraction of sp³-hybridized carbons (Fsp3) is 0.294. The molecule has 0 bridgehead atoms. The molecule has 2 aromatic rings. The van der Waals surface area contributed by atoms with Crippen molar-refractivity contribution in [3.63, 3.8) is 0 Å². The Hall–Kier alpha value is -3.16. The molecule has 0 fully saturated rings. The van der Waals surface area contributed by atoms with Crippen molar-refractivity contribution in [2.24, 2.45) is 0 Å². The molecule has 1 heterocycles. The topological polar surface area (TPSA) is 109 Å². The first-order valence-electron chi connectivity index (χ1n) is 7.39. The van der Waals surface area contributed by atoms with E-state index in [-0.39, 0.29) is 11.4 Å². The van der Waals surface area contributed by atoms with E-state index in [9.17, 15) is 19.7 Å². The van der Waals surface area contributed by atoms with Gasteiger partial charge < -0.3 is 13.9 Å². The summed E-state index contributed by atoms with van der Waals surface area (Å²) in [5.41, 5.74) is -0.152. The van der Waals surface area contributed by atoms with Crippen molar-refractivity contribution in [1.82, 2.24) is 0 Å². The van der Waals surface area contributed by atoms with Crippen LogP contribution in [-0.4, -0.2) is 29.1 Å². The molecule has 1 aromatic carbocycles. The highest BCUT2D eigenvalue weighted by atomic mass is 16.6. The van der Waals surface area contributed by atoms with E-state index in [1.807, 2.05) is 0 Å². The number of esters is 2. The van der Waals surface area contributed by atoms with Gasteiger partial charge in [0.1, 0.15) is 11.4 Å². The van der Waals surface area contributed by atoms with Crippen LogP contribution in [0, 0.1) is 10.1 Å². The molecule has 2 rings (SSSR count). The highest BCUT2D eigenvalue weighted by Gasteiger charge is 2.20. The van der Waals surface area contributed by atoms with Gasteiger partial charge in [0.05, 0.1) is 4.92 Å². The van der Waals surface area contributed by atoms with Crippen LogP contribution < -0.4 is 0 Å². The average Bonchev–Trinajstić information content (AvgIpc) is 3.01. The summed E-state index contributed by atoms with van der Waals surface area (Å²) in [7, 11) is 0. The molecule has 25 heavy (non-hydrogen) atoms. The number of non-ortho nitro benzene ring substituents is 1. The van der Waals surface area contributed by atoms with Crippen LogP contribution in [0.25, 0.3) is 11.3 Å². The lowest BCUT2D eigenvalue weighted by molar-refractivity contribution is -0.384. The van der Waals surface area contributed by atoms with E-state index in [1.165, 1.54) is 36.4 Å². The average molecular weight is 347 g/mol. The van der Waals surface area contributed by atoms with Crippen LogP contribution >= 0.6 is 0 Å². The number of benzene rings is 1. The van der Waals surface area contributed by atoms with Crippen LogP contribution in [0.4, 0.5) is 5.69 Å². The second-order valence-corrected chi connectivity index (χ2v) is 6.13. The summed E-state index contributed by atoms with van der Waals surface area (Å²) < 4.78 is 15.2. The van der Waals surface area contributed by atoms with Crippen molar-refractivity contribution in [3.05, 3.63) is 52.3 Å². The Morgan fingerprint density at radius 2 is 1.76 bits per heavy atom.